The van der Waals surface area contributed by atoms with E-state index in [4.69, 9.17) is 37.4 Å². The maximum absolute atomic E-state index is 13.1. The number of fused-ring (bicyclic) bond motifs is 1. The molecule has 1 aliphatic rings. The number of carbonyl (C=O) groups is 3. The fourth-order valence-electron chi connectivity index (χ4n) is 4.60. The van der Waals surface area contributed by atoms with E-state index in [9.17, 15) is 14.4 Å². The van der Waals surface area contributed by atoms with Gasteiger partial charge < -0.3 is 18.8 Å². The summed E-state index contributed by atoms with van der Waals surface area (Å²) >= 11 is 13.0. The third-order valence-corrected chi connectivity index (χ3v) is 7.75. The van der Waals surface area contributed by atoms with E-state index in [-0.39, 0.29) is 35.1 Å². The number of benzene rings is 2. The summed E-state index contributed by atoms with van der Waals surface area (Å²) in [4.78, 5) is 47.2. The van der Waals surface area contributed by atoms with Crippen LogP contribution in [0, 0.1) is 19.3 Å². The summed E-state index contributed by atoms with van der Waals surface area (Å²) in [5, 5.41) is 3.37. The van der Waals surface area contributed by atoms with Crippen molar-refractivity contribution >= 4 is 58.0 Å². The minimum Gasteiger partial charge on any atom is -0.459 e. The third-order valence-electron chi connectivity index (χ3n) is 7.19. The molecule has 3 heterocycles. The van der Waals surface area contributed by atoms with Crippen LogP contribution in [-0.4, -0.2) is 51.2 Å². The van der Waals surface area contributed by atoms with Crippen LogP contribution in [0.5, 0.6) is 0 Å². The number of aryl methyl sites for hydroxylation is 2. The Balaban J connectivity index is 1.43. The smallest absolute Gasteiger partial charge is 0.338 e. The molecule has 12 heteroatoms. The monoisotopic (exact) mass is 638 g/mol. The summed E-state index contributed by atoms with van der Waals surface area (Å²) < 4.78 is 19.4. The van der Waals surface area contributed by atoms with Crippen molar-refractivity contribution in [3.8, 4) is 0 Å². The van der Waals surface area contributed by atoms with E-state index < -0.39 is 35.8 Å². The molecule has 3 atom stereocenters. The lowest BCUT2D eigenvalue weighted by atomic mass is 9.96. The van der Waals surface area contributed by atoms with Gasteiger partial charge in [-0.2, -0.15) is 9.97 Å². The molecule has 4 aromatic rings. The largest absolute Gasteiger partial charge is 0.459 e. The van der Waals surface area contributed by atoms with Gasteiger partial charge in [-0.25, -0.2) is 9.59 Å². The number of aromatic nitrogens is 3. The van der Waals surface area contributed by atoms with Crippen molar-refractivity contribution < 1.29 is 28.6 Å². The fourth-order valence-corrected chi connectivity index (χ4v) is 5.19. The standard InChI is InChI=1S/C32H32Cl2N4O6/c1-17-6-10-19(11-7-17)28(39)42-16-23-22(44-29(40)20-12-8-18(2)9-13-20)14-24(43-23)38-15-21(33)25-26(34)35-31(36-27(25)38)37-30(41)32(3,4)5/h6-13,15,22-24H,14,16H2,1-5H3,(H,35,36,37,41)/t22-,23+,24+/m0/s1. The average molecular weight is 640 g/mol. The highest BCUT2D eigenvalue weighted by Crippen LogP contribution is 2.38. The van der Waals surface area contributed by atoms with Crippen LogP contribution in [0.25, 0.3) is 11.0 Å². The molecule has 1 aliphatic heterocycles. The first-order chi connectivity index (χ1) is 20.8. The number of anilines is 1. The lowest BCUT2D eigenvalue weighted by Gasteiger charge is -2.19. The molecule has 1 saturated heterocycles. The number of hydrogen-bond acceptors (Lipinski definition) is 8. The van der Waals surface area contributed by atoms with Crippen LogP contribution >= 0.6 is 23.2 Å². The van der Waals surface area contributed by atoms with Gasteiger partial charge >= 0.3 is 11.9 Å². The Morgan fingerprint density at radius 1 is 0.955 bits per heavy atom. The van der Waals surface area contributed by atoms with Gasteiger partial charge in [0.05, 0.1) is 21.5 Å². The van der Waals surface area contributed by atoms with Gasteiger partial charge in [-0.3, -0.25) is 10.1 Å². The molecular formula is C32H32Cl2N4O6. The van der Waals surface area contributed by atoms with E-state index in [1.165, 1.54) is 0 Å². The summed E-state index contributed by atoms with van der Waals surface area (Å²) in [7, 11) is 0. The third kappa shape index (κ3) is 6.88. The van der Waals surface area contributed by atoms with Crippen molar-refractivity contribution in [2.75, 3.05) is 11.9 Å². The van der Waals surface area contributed by atoms with Crippen molar-refractivity contribution in [3.05, 3.63) is 87.2 Å². The van der Waals surface area contributed by atoms with Crippen molar-refractivity contribution in [2.24, 2.45) is 5.41 Å². The van der Waals surface area contributed by atoms with E-state index in [0.717, 1.165) is 11.1 Å². The van der Waals surface area contributed by atoms with Crippen LogP contribution in [0.2, 0.25) is 10.2 Å². The van der Waals surface area contributed by atoms with Crippen LogP contribution < -0.4 is 5.32 Å². The van der Waals surface area contributed by atoms with E-state index in [1.54, 1.807) is 55.8 Å². The van der Waals surface area contributed by atoms with Gasteiger partial charge in [0.2, 0.25) is 11.9 Å². The Morgan fingerprint density at radius 2 is 1.55 bits per heavy atom. The average Bonchev–Trinajstić information content (AvgIpc) is 3.52. The van der Waals surface area contributed by atoms with Gasteiger partial charge in [0.15, 0.2) is 5.65 Å². The quantitative estimate of drug-likeness (QED) is 0.175. The molecule has 0 spiro atoms. The molecule has 0 aliphatic carbocycles. The molecule has 230 valence electrons. The number of nitrogens with zero attached hydrogens (tertiary/aromatic N) is 3. The lowest BCUT2D eigenvalue weighted by Crippen LogP contribution is -2.32. The fraction of sp³-hybridized carbons (Fsp3) is 0.344. The first kappa shape index (κ1) is 31.4. The number of carbonyl (C=O) groups excluding carboxylic acids is 3. The van der Waals surface area contributed by atoms with Gasteiger partial charge in [0.1, 0.15) is 30.2 Å². The maximum atomic E-state index is 13.1. The number of halogens is 2. The van der Waals surface area contributed by atoms with Crippen molar-refractivity contribution in [1.82, 2.24) is 14.5 Å². The Hall–Kier alpha value is -3.99. The molecule has 5 rings (SSSR count). The maximum Gasteiger partial charge on any atom is 0.338 e. The summed E-state index contributed by atoms with van der Waals surface area (Å²) in [5.74, 6) is -1.37. The molecule has 44 heavy (non-hydrogen) atoms. The van der Waals surface area contributed by atoms with Gasteiger partial charge in [0, 0.05) is 18.0 Å². The molecule has 0 bridgehead atoms. The van der Waals surface area contributed by atoms with Crippen LogP contribution in [0.3, 0.4) is 0 Å². The van der Waals surface area contributed by atoms with E-state index in [0.29, 0.717) is 22.2 Å². The predicted octanol–water partition coefficient (Wildman–Crippen LogP) is 6.71. The second kappa shape index (κ2) is 12.6. The zero-order valence-electron chi connectivity index (χ0n) is 24.9. The number of hydrogen-bond donors (Lipinski definition) is 1. The zero-order valence-corrected chi connectivity index (χ0v) is 26.4. The van der Waals surface area contributed by atoms with Crippen molar-refractivity contribution in [1.29, 1.82) is 0 Å². The molecule has 0 radical (unpaired) electrons. The summed E-state index contributed by atoms with van der Waals surface area (Å²) in [6.07, 6.45) is -0.547. The van der Waals surface area contributed by atoms with Crippen molar-refractivity contribution in [3.63, 3.8) is 0 Å². The Kier molecular flexibility index (Phi) is 8.97. The summed E-state index contributed by atoms with van der Waals surface area (Å²) in [6.45, 7) is 8.95. The highest BCUT2D eigenvalue weighted by atomic mass is 35.5. The van der Waals surface area contributed by atoms with Crippen LogP contribution in [0.15, 0.2) is 54.7 Å². The Labute approximate surface area is 264 Å². The van der Waals surface area contributed by atoms with Crippen molar-refractivity contribution in [2.45, 2.75) is 59.5 Å². The predicted molar refractivity (Wildman–Crippen MR) is 166 cm³/mol. The number of nitrogens with one attached hydrogen (secondary N) is 1. The molecule has 2 aromatic carbocycles. The number of esters is 2. The highest BCUT2D eigenvalue weighted by molar-refractivity contribution is 6.41. The van der Waals surface area contributed by atoms with Gasteiger partial charge in [-0.15, -0.1) is 0 Å². The SMILES string of the molecule is Cc1ccc(C(=O)OC[C@H]2O[C@@H](n3cc(Cl)c4c(Cl)nc(NC(=O)C(C)(C)C)nc43)C[C@@H]2OC(=O)c2ccc(C)cc2)cc1. The molecule has 1 fully saturated rings. The van der Waals surface area contributed by atoms with E-state index in [2.05, 4.69) is 15.3 Å². The summed E-state index contributed by atoms with van der Waals surface area (Å²) in [5.41, 5.74) is 2.39. The second-order valence-electron chi connectivity index (χ2n) is 11.8. The van der Waals surface area contributed by atoms with E-state index >= 15 is 0 Å². The van der Waals surface area contributed by atoms with Crippen LogP contribution in [-0.2, 0) is 19.0 Å². The topological polar surface area (TPSA) is 122 Å². The van der Waals surface area contributed by atoms with Gasteiger partial charge in [0.25, 0.3) is 0 Å². The number of ether oxygens (including phenoxy) is 3. The first-order valence-electron chi connectivity index (χ1n) is 14.0. The molecule has 10 nitrogen and oxygen atoms in total. The van der Waals surface area contributed by atoms with Gasteiger partial charge in [-0.05, 0) is 38.1 Å². The minimum absolute atomic E-state index is 0.00219. The minimum atomic E-state index is -0.808. The second-order valence-corrected chi connectivity index (χ2v) is 12.5. The zero-order chi connectivity index (χ0) is 31.8. The Bertz CT molecular complexity index is 1710. The molecule has 1 N–H and O–H groups in total. The lowest BCUT2D eigenvalue weighted by molar-refractivity contribution is -0.123. The van der Waals surface area contributed by atoms with Crippen LogP contribution in [0.4, 0.5) is 5.95 Å². The number of amides is 1. The molecule has 0 unspecified atom stereocenters. The molecule has 0 saturated carbocycles. The summed E-state index contributed by atoms with van der Waals surface area (Å²) in [6, 6.07) is 14.0. The van der Waals surface area contributed by atoms with E-state index in [1.807, 2.05) is 38.1 Å². The Morgan fingerprint density at radius 3 is 2.14 bits per heavy atom. The van der Waals surface area contributed by atoms with Crippen LogP contribution in [0.1, 0.15) is 65.3 Å². The molecular weight excluding hydrogens is 607 g/mol. The normalized spacial score (nSPS) is 18.3. The highest BCUT2D eigenvalue weighted by Gasteiger charge is 2.41. The first-order valence-corrected chi connectivity index (χ1v) is 14.8. The molecule has 1 amide bonds. The number of rotatable bonds is 7. The van der Waals surface area contributed by atoms with Gasteiger partial charge in [-0.1, -0.05) is 79.4 Å². The molecule has 2 aromatic heterocycles.